The van der Waals surface area contributed by atoms with E-state index in [0.29, 0.717) is 5.56 Å². The van der Waals surface area contributed by atoms with Gasteiger partial charge in [-0.3, -0.25) is 4.79 Å². The van der Waals surface area contributed by atoms with Crippen molar-refractivity contribution in [1.82, 2.24) is 0 Å². The quantitative estimate of drug-likeness (QED) is 0.626. The lowest BCUT2D eigenvalue weighted by Gasteiger charge is -2.11. The summed E-state index contributed by atoms with van der Waals surface area (Å²) in [6.45, 7) is 0. The molecule has 0 aliphatic rings. The molecule has 2 aromatic carbocycles. The van der Waals surface area contributed by atoms with Crippen LogP contribution in [-0.2, 0) is 0 Å². The molecule has 0 aliphatic heterocycles. The van der Waals surface area contributed by atoms with Crippen LogP contribution in [0, 0.1) is 11.6 Å². The van der Waals surface area contributed by atoms with Crippen molar-refractivity contribution in [3.05, 3.63) is 65.2 Å². The van der Waals surface area contributed by atoms with Crippen LogP contribution in [0.3, 0.4) is 0 Å². The van der Waals surface area contributed by atoms with E-state index in [1.165, 1.54) is 7.11 Å². The Morgan fingerprint density at radius 1 is 1.15 bits per heavy atom. The molecule has 104 valence electrons. The molecule has 1 atom stereocenters. The molecule has 0 bridgehead atoms. The van der Waals surface area contributed by atoms with Gasteiger partial charge in [-0.05, 0) is 11.6 Å². The zero-order valence-corrected chi connectivity index (χ0v) is 11.3. The van der Waals surface area contributed by atoms with Crippen molar-refractivity contribution in [2.75, 3.05) is 7.11 Å². The van der Waals surface area contributed by atoms with Crippen molar-refractivity contribution < 1.29 is 18.3 Å². The monoisotopic (exact) mass is 296 g/mol. The van der Waals surface area contributed by atoms with E-state index in [2.05, 4.69) is 4.74 Å². The first kappa shape index (κ1) is 14.5. The lowest BCUT2D eigenvalue weighted by molar-refractivity contribution is 0.0982. The van der Waals surface area contributed by atoms with Crippen LogP contribution in [0.2, 0.25) is 0 Å². The van der Waals surface area contributed by atoms with Gasteiger partial charge in [0.05, 0.1) is 12.7 Å². The number of halogens is 3. The third kappa shape index (κ3) is 2.80. The number of ketones is 1. The van der Waals surface area contributed by atoms with E-state index in [4.69, 9.17) is 11.6 Å². The summed E-state index contributed by atoms with van der Waals surface area (Å²) in [5.74, 6) is -2.63. The summed E-state index contributed by atoms with van der Waals surface area (Å²) in [6.07, 6.45) is 0. The highest BCUT2D eigenvalue weighted by molar-refractivity contribution is 6.33. The molecule has 2 rings (SSSR count). The van der Waals surface area contributed by atoms with E-state index in [1.54, 1.807) is 30.3 Å². The van der Waals surface area contributed by atoms with Gasteiger partial charge in [-0.25, -0.2) is 8.78 Å². The maximum atomic E-state index is 13.8. The first-order chi connectivity index (χ1) is 9.54. The number of hydrogen-bond donors (Lipinski definition) is 0. The van der Waals surface area contributed by atoms with Crippen molar-refractivity contribution in [3.8, 4) is 5.75 Å². The highest BCUT2D eigenvalue weighted by atomic mass is 35.5. The Morgan fingerprint density at radius 3 is 2.40 bits per heavy atom. The molecule has 1 unspecified atom stereocenters. The summed E-state index contributed by atoms with van der Waals surface area (Å²) >= 11 is 6.02. The smallest absolute Gasteiger partial charge is 0.188 e. The Morgan fingerprint density at radius 2 is 1.80 bits per heavy atom. The number of carbonyl (C=O) groups is 1. The van der Waals surface area contributed by atoms with Crippen LogP contribution in [-0.4, -0.2) is 12.9 Å². The third-order valence-corrected chi connectivity index (χ3v) is 3.28. The van der Waals surface area contributed by atoms with Crippen molar-refractivity contribution in [2.24, 2.45) is 0 Å². The van der Waals surface area contributed by atoms with Gasteiger partial charge in [0.2, 0.25) is 0 Å². The fraction of sp³-hybridized carbons (Fsp3) is 0.133. The fourth-order valence-corrected chi connectivity index (χ4v) is 2.05. The number of benzene rings is 2. The maximum absolute atomic E-state index is 13.8. The Hall–Kier alpha value is -1.94. The lowest BCUT2D eigenvalue weighted by Crippen LogP contribution is -2.10. The standard InChI is InChI=1S/C15H11ClF2O2/c1-20-13-8-11(17)10(7-12(13)18)15(19)14(16)9-5-3-2-4-6-9/h2-8,14H,1H3. The normalized spacial score (nSPS) is 12.0. The Bertz CT molecular complexity index is 629. The van der Waals surface area contributed by atoms with Crippen LogP contribution in [0.4, 0.5) is 8.78 Å². The molecule has 5 heteroatoms. The van der Waals surface area contributed by atoms with Gasteiger partial charge in [0, 0.05) is 6.07 Å². The van der Waals surface area contributed by atoms with E-state index in [1.807, 2.05) is 0 Å². The van der Waals surface area contributed by atoms with E-state index in [9.17, 15) is 13.6 Å². The number of carbonyl (C=O) groups excluding carboxylic acids is 1. The maximum Gasteiger partial charge on any atom is 0.188 e. The molecule has 0 saturated heterocycles. The molecule has 2 aromatic rings. The predicted molar refractivity (Wildman–Crippen MR) is 72.3 cm³/mol. The Labute approximate surface area is 119 Å². The van der Waals surface area contributed by atoms with Gasteiger partial charge in [-0.2, -0.15) is 0 Å². The summed E-state index contributed by atoms with van der Waals surface area (Å²) < 4.78 is 32.0. The predicted octanol–water partition coefficient (Wildman–Crippen LogP) is 4.14. The Balaban J connectivity index is 2.37. The highest BCUT2D eigenvalue weighted by Gasteiger charge is 2.24. The molecular formula is C15H11ClF2O2. The summed E-state index contributed by atoms with van der Waals surface area (Å²) in [6, 6.07) is 10.1. The first-order valence-electron chi connectivity index (χ1n) is 5.81. The number of hydrogen-bond acceptors (Lipinski definition) is 2. The van der Waals surface area contributed by atoms with Gasteiger partial charge in [0.15, 0.2) is 17.3 Å². The topological polar surface area (TPSA) is 26.3 Å². The van der Waals surface area contributed by atoms with Gasteiger partial charge >= 0.3 is 0 Å². The third-order valence-electron chi connectivity index (χ3n) is 2.83. The van der Waals surface area contributed by atoms with Crippen LogP contribution in [0.15, 0.2) is 42.5 Å². The second kappa shape index (κ2) is 6.01. The molecule has 0 amide bonds. The minimum atomic E-state index is -1.07. The van der Waals surface area contributed by atoms with E-state index in [-0.39, 0.29) is 5.75 Å². The molecule has 0 aliphatic carbocycles. The van der Waals surface area contributed by atoms with E-state index < -0.39 is 28.4 Å². The second-order valence-corrected chi connectivity index (χ2v) is 4.54. The van der Waals surface area contributed by atoms with Crippen LogP contribution >= 0.6 is 11.6 Å². The van der Waals surface area contributed by atoms with Gasteiger partial charge < -0.3 is 4.74 Å². The van der Waals surface area contributed by atoms with E-state index >= 15 is 0 Å². The van der Waals surface area contributed by atoms with Crippen molar-refractivity contribution >= 4 is 17.4 Å². The zero-order chi connectivity index (χ0) is 14.7. The summed E-state index contributed by atoms with van der Waals surface area (Å²) in [5.41, 5.74) is 0.127. The zero-order valence-electron chi connectivity index (χ0n) is 10.6. The first-order valence-corrected chi connectivity index (χ1v) is 6.24. The van der Waals surface area contributed by atoms with Crippen LogP contribution in [0.25, 0.3) is 0 Å². The van der Waals surface area contributed by atoms with Crippen molar-refractivity contribution in [2.45, 2.75) is 5.38 Å². The van der Waals surface area contributed by atoms with E-state index in [0.717, 1.165) is 12.1 Å². The van der Waals surface area contributed by atoms with Crippen LogP contribution in [0.1, 0.15) is 21.3 Å². The minimum absolute atomic E-state index is 0.259. The number of alkyl halides is 1. The molecule has 0 saturated carbocycles. The number of ether oxygens (including phenoxy) is 1. The fourth-order valence-electron chi connectivity index (χ4n) is 1.78. The SMILES string of the molecule is COc1cc(F)c(C(=O)C(Cl)c2ccccc2)cc1F. The average Bonchev–Trinajstić information content (AvgIpc) is 2.48. The summed E-state index contributed by atoms with van der Waals surface area (Å²) in [7, 11) is 1.22. The highest BCUT2D eigenvalue weighted by Crippen LogP contribution is 2.28. The molecule has 0 radical (unpaired) electrons. The molecular weight excluding hydrogens is 286 g/mol. The van der Waals surface area contributed by atoms with Gasteiger partial charge in [0.1, 0.15) is 11.2 Å². The molecule has 0 spiro atoms. The largest absolute Gasteiger partial charge is 0.494 e. The number of rotatable bonds is 4. The van der Waals surface area contributed by atoms with Crippen LogP contribution < -0.4 is 4.74 Å². The van der Waals surface area contributed by atoms with Crippen molar-refractivity contribution in [3.63, 3.8) is 0 Å². The summed E-state index contributed by atoms with van der Waals surface area (Å²) in [5, 5.41) is -1.07. The molecule has 2 nitrogen and oxygen atoms in total. The lowest BCUT2D eigenvalue weighted by atomic mass is 10.0. The molecule has 0 heterocycles. The molecule has 0 fully saturated rings. The van der Waals surface area contributed by atoms with Crippen molar-refractivity contribution in [1.29, 1.82) is 0 Å². The summed E-state index contributed by atoms with van der Waals surface area (Å²) in [4.78, 5) is 12.1. The van der Waals surface area contributed by atoms with Gasteiger partial charge in [-0.15, -0.1) is 11.6 Å². The molecule has 20 heavy (non-hydrogen) atoms. The Kier molecular flexibility index (Phi) is 4.35. The average molecular weight is 297 g/mol. The van der Waals surface area contributed by atoms with Gasteiger partial charge in [-0.1, -0.05) is 30.3 Å². The van der Waals surface area contributed by atoms with Gasteiger partial charge in [0.25, 0.3) is 0 Å². The number of Topliss-reactive ketones (excluding diaryl/α,β-unsaturated/α-hetero) is 1. The molecule has 0 aromatic heterocycles. The molecule has 0 N–H and O–H groups in total. The van der Waals surface area contributed by atoms with Crippen LogP contribution in [0.5, 0.6) is 5.75 Å². The second-order valence-electron chi connectivity index (χ2n) is 4.10. The minimum Gasteiger partial charge on any atom is -0.494 e. The number of methoxy groups -OCH3 is 1.